The molecule has 4 rings (SSSR count). The van der Waals surface area contributed by atoms with Crippen LogP contribution in [0.3, 0.4) is 0 Å². The molecule has 9 heteroatoms. The minimum Gasteiger partial charge on any atom is -0.342 e. The van der Waals surface area contributed by atoms with Gasteiger partial charge in [0, 0.05) is 36.3 Å². The average molecular weight is 522 g/mol. The van der Waals surface area contributed by atoms with Gasteiger partial charge < -0.3 is 9.80 Å². The highest BCUT2D eigenvalue weighted by molar-refractivity contribution is 7.99. The summed E-state index contributed by atoms with van der Waals surface area (Å²) in [4.78, 5) is 35.1. The summed E-state index contributed by atoms with van der Waals surface area (Å²) in [6, 6.07) is 14.7. The second-order valence-electron chi connectivity index (χ2n) is 8.20. The Morgan fingerprint density at radius 2 is 1.79 bits per heavy atom. The van der Waals surface area contributed by atoms with Crippen molar-refractivity contribution >= 4 is 52.6 Å². The zero-order valence-corrected chi connectivity index (χ0v) is 21.8. The number of benzene rings is 2. The van der Waals surface area contributed by atoms with Gasteiger partial charge in [-0.3, -0.25) is 14.2 Å². The van der Waals surface area contributed by atoms with Crippen LogP contribution in [0.15, 0.2) is 58.5 Å². The molecule has 0 saturated carbocycles. The maximum absolute atomic E-state index is 13.5. The standard InChI is InChI=1S/C25H29ClN4O2S.ClH/c1-3-28(4-2)16-20(17-29-15-7-10-23(29)31)33-25-27-22-9-6-5-8-21(22)24(32)30(25)19-13-11-18(26)12-14-19;/h5-6,8-9,11-14,20H,3-4,7,10,15-17H2,1-2H3;1H. The van der Waals surface area contributed by atoms with Crippen molar-refractivity contribution in [1.82, 2.24) is 19.4 Å². The number of nitrogens with zero attached hydrogens (tertiary/aromatic N) is 4. The van der Waals surface area contributed by atoms with Gasteiger partial charge in [0.1, 0.15) is 0 Å². The minimum absolute atomic E-state index is 0. The normalized spacial score (nSPS) is 14.6. The fourth-order valence-corrected chi connectivity index (χ4v) is 5.61. The number of carbonyl (C=O) groups is 1. The van der Waals surface area contributed by atoms with Crippen LogP contribution >= 0.6 is 35.8 Å². The molecule has 1 fully saturated rings. The molecule has 0 bridgehead atoms. The summed E-state index contributed by atoms with van der Waals surface area (Å²) in [5.74, 6) is 0.210. The third-order valence-corrected chi connectivity index (χ3v) is 7.42. The molecule has 1 aromatic heterocycles. The van der Waals surface area contributed by atoms with Crippen LogP contribution < -0.4 is 5.56 Å². The Labute approximate surface area is 215 Å². The van der Waals surface area contributed by atoms with Crippen molar-refractivity contribution in [3.05, 3.63) is 63.9 Å². The molecule has 0 N–H and O–H groups in total. The number of para-hydroxylation sites is 1. The number of amides is 1. The Bertz CT molecular complexity index is 1180. The van der Waals surface area contributed by atoms with Gasteiger partial charge in [0.25, 0.3) is 5.56 Å². The van der Waals surface area contributed by atoms with Crippen LogP contribution in [0.25, 0.3) is 16.6 Å². The first-order valence-electron chi connectivity index (χ1n) is 11.4. The number of thioether (sulfide) groups is 1. The van der Waals surface area contributed by atoms with Gasteiger partial charge in [-0.05, 0) is 55.9 Å². The average Bonchev–Trinajstić information content (AvgIpc) is 3.22. The zero-order chi connectivity index (χ0) is 23.4. The van der Waals surface area contributed by atoms with Crippen LogP contribution in [0.2, 0.25) is 5.02 Å². The number of halogens is 2. The van der Waals surface area contributed by atoms with Gasteiger partial charge in [0.05, 0.1) is 16.6 Å². The van der Waals surface area contributed by atoms with E-state index < -0.39 is 0 Å². The van der Waals surface area contributed by atoms with Crippen molar-refractivity contribution in [2.75, 3.05) is 32.7 Å². The van der Waals surface area contributed by atoms with Crippen LogP contribution in [0, 0.1) is 0 Å². The highest BCUT2D eigenvalue weighted by Crippen LogP contribution is 2.28. The highest BCUT2D eigenvalue weighted by Gasteiger charge is 2.27. The van der Waals surface area contributed by atoms with E-state index in [1.165, 1.54) is 0 Å². The molecule has 0 spiro atoms. The van der Waals surface area contributed by atoms with Crippen LogP contribution in [-0.2, 0) is 4.79 Å². The monoisotopic (exact) mass is 520 g/mol. The Morgan fingerprint density at radius 1 is 1.09 bits per heavy atom. The zero-order valence-electron chi connectivity index (χ0n) is 19.4. The summed E-state index contributed by atoms with van der Waals surface area (Å²) >= 11 is 7.68. The lowest BCUT2D eigenvalue weighted by molar-refractivity contribution is -0.127. The summed E-state index contributed by atoms with van der Waals surface area (Å²) in [7, 11) is 0. The predicted molar refractivity (Wildman–Crippen MR) is 143 cm³/mol. The summed E-state index contributed by atoms with van der Waals surface area (Å²) < 4.78 is 1.67. The van der Waals surface area contributed by atoms with Crippen molar-refractivity contribution in [3.63, 3.8) is 0 Å². The smallest absolute Gasteiger partial charge is 0.266 e. The lowest BCUT2D eigenvalue weighted by atomic mass is 10.2. The Hall–Kier alpha value is -2.06. The van der Waals surface area contributed by atoms with Crippen LogP contribution in [0.5, 0.6) is 0 Å². The molecule has 0 radical (unpaired) electrons. The molecule has 2 heterocycles. The number of carbonyl (C=O) groups excluding carboxylic acids is 1. The van der Waals surface area contributed by atoms with Crippen molar-refractivity contribution in [3.8, 4) is 5.69 Å². The summed E-state index contributed by atoms with van der Waals surface area (Å²) in [6.45, 7) is 8.39. The summed E-state index contributed by atoms with van der Waals surface area (Å²) in [5.41, 5.74) is 1.29. The fourth-order valence-electron chi connectivity index (χ4n) is 4.20. The molecule has 1 aliphatic rings. The Morgan fingerprint density at radius 3 is 2.44 bits per heavy atom. The first kappa shape index (κ1) is 26.5. The number of hydrogen-bond acceptors (Lipinski definition) is 5. The van der Waals surface area contributed by atoms with E-state index in [2.05, 4.69) is 18.7 Å². The van der Waals surface area contributed by atoms with Crippen molar-refractivity contribution in [2.45, 2.75) is 37.1 Å². The Balaban J connectivity index is 0.00000324. The molecular formula is C25H30Cl2N4O2S. The van der Waals surface area contributed by atoms with Crippen LogP contribution in [-0.4, -0.2) is 63.2 Å². The van der Waals surface area contributed by atoms with E-state index in [9.17, 15) is 9.59 Å². The van der Waals surface area contributed by atoms with Crippen molar-refractivity contribution in [2.24, 2.45) is 0 Å². The molecule has 1 saturated heterocycles. The molecule has 6 nitrogen and oxygen atoms in total. The van der Waals surface area contributed by atoms with Crippen LogP contribution in [0.1, 0.15) is 26.7 Å². The number of aromatic nitrogens is 2. The van der Waals surface area contributed by atoms with Crippen molar-refractivity contribution < 1.29 is 4.79 Å². The van der Waals surface area contributed by atoms with Crippen molar-refractivity contribution in [1.29, 1.82) is 0 Å². The topological polar surface area (TPSA) is 58.4 Å². The van der Waals surface area contributed by atoms with E-state index in [4.69, 9.17) is 16.6 Å². The number of hydrogen-bond donors (Lipinski definition) is 0. The van der Waals surface area contributed by atoms with E-state index in [1.807, 2.05) is 41.3 Å². The minimum atomic E-state index is -0.107. The van der Waals surface area contributed by atoms with E-state index in [0.29, 0.717) is 34.0 Å². The fraction of sp³-hybridized carbons (Fsp3) is 0.400. The summed E-state index contributed by atoms with van der Waals surface area (Å²) in [5, 5.41) is 1.90. The first-order chi connectivity index (χ1) is 16.0. The largest absolute Gasteiger partial charge is 0.342 e. The lowest BCUT2D eigenvalue weighted by Gasteiger charge is -2.28. The molecule has 2 aromatic carbocycles. The molecule has 1 aliphatic heterocycles. The van der Waals surface area contributed by atoms with Gasteiger partial charge >= 0.3 is 0 Å². The molecule has 34 heavy (non-hydrogen) atoms. The molecule has 3 aromatic rings. The van der Waals surface area contributed by atoms with Gasteiger partial charge in [-0.15, -0.1) is 12.4 Å². The highest BCUT2D eigenvalue weighted by atomic mass is 35.5. The molecular weight excluding hydrogens is 491 g/mol. The predicted octanol–water partition coefficient (Wildman–Crippen LogP) is 4.89. The van der Waals surface area contributed by atoms with Crippen LogP contribution in [0.4, 0.5) is 0 Å². The van der Waals surface area contributed by atoms with Gasteiger partial charge in [-0.25, -0.2) is 4.98 Å². The maximum atomic E-state index is 13.5. The molecule has 182 valence electrons. The number of fused-ring (bicyclic) bond motifs is 1. The third-order valence-electron chi connectivity index (χ3n) is 6.05. The lowest BCUT2D eigenvalue weighted by Crippen LogP contribution is -2.39. The second kappa shape index (κ2) is 12.1. The van der Waals surface area contributed by atoms with Gasteiger partial charge in [0.15, 0.2) is 5.16 Å². The Kier molecular flexibility index (Phi) is 9.42. The molecule has 1 atom stereocenters. The first-order valence-corrected chi connectivity index (χ1v) is 12.7. The number of likely N-dealkylation sites (tertiary alicyclic amines) is 1. The van der Waals surface area contributed by atoms with Gasteiger partial charge in [0.2, 0.25) is 5.91 Å². The van der Waals surface area contributed by atoms with E-state index in [-0.39, 0.29) is 29.1 Å². The van der Waals surface area contributed by atoms with E-state index in [1.54, 1.807) is 28.5 Å². The molecule has 0 aliphatic carbocycles. The van der Waals surface area contributed by atoms with Gasteiger partial charge in [-0.2, -0.15) is 0 Å². The molecule has 1 amide bonds. The third kappa shape index (κ3) is 5.95. The number of rotatable bonds is 9. The van der Waals surface area contributed by atoms with E-state index >= 15 is 0 Å². The van der Waals surface area contributed by atoms with Gasteiger partial charge in [-0.1, -0.05) is 49.3 Å². The quantitative estimate of drug-likeness (QED) is 0.297. The summed E-state index contributed by atoms with van der Waals surface area (Å²) in [6.07, 6.45) is 1.53. The second-order valence-corrected chi connectivity index (χ2v) is 9.90. The molecule has 1 unspecified atom stereocenters. The maximum Gasteiger partial charge on any atom is 0.266 e. The SMILES string of the molecule is CCN(CC)CC(CN1CCCC1=O)Sc1nc2ccccc2c(=O)n1-c1ccc(Cl)cc1.Cl. The van der Waals surface area contributed by atoms with E-state index in [0.717, 1.165) is 38.3 Å².